The van der Waals surface area contributed by atoms with Gasteiger partial charge >= 0.3 is 0 Å². The highest BCUT2D eigenvalue weighted by molar-refractivity contribution is 5.80. The molecule has 1 N–H and O–H groups in total. The van der Waals surface area contributed by atoms with Gasteiger partial charge in [0.05, 0.1) is 11.7 Å². The molecule has 140 valence electrons. The molecule has 0 bridgehead atoms. The maximum Gasteiger partial charge on any atom is 0.224 e. The van der Waals surface area contributed by atoms with Gasteiger partial charge in [-0.25, -0.2) is 0 Å². The molecule has 0 aromatic carbocycles. The number of aryl methyl sites for hydroxylation is 3. The van der Waals surface area contributed by atoms with Crippen LogP contribution in [0.25, 0.3) is 0 Å². The summed E-state index contributed by atoms with van der Waals surface area (Å²) in [6.07, 6.45) is 4.91. The number of carbonyl (C=O) groups is 1. The van der Waals surface area contributed by atoms with Crippen molar-refractivity contribution in [1.82, 2.24) is 25.2 Å². The van der Waals surface area contributed by atoms with E-state index in [2.05, 4.69) is 22.5 Å². The van der Waals surface area contributed by atoms with E-state index in [1.807, 2.05) is 30.6 Å². The van der Waals surface area contributed by atoms with Crippen molar-refractivity contribution in [3.05, 3.63) is 34.0 Å². The van der Waals surface area contributed by atoms with E-state index in [9.17, 15) is 4.79 Å². The van der Waals surface area contributed by atoms with Crippen LogP contribution in [-0.4, -0.2) is 38.8 Å². The zero-order valence-corrected chi connectivity index (χ0v) is 16.0. The van der Waals surface area contributed by atoms with Gasteiger partial charge in [-0.05, 0) is 33.1 Å². The van der Waals surface area contributed by atoms with E-state index in [1.165, 1.54) is 18.4 Å². The Morgan fingerprint density at radius 2 is 2.00 bits per heavy atom. The van der Waals surface area contributed by atoms with Crippen molar-refractivity contribution in [3.63, 3.8) is 0 Å². The molecule has 0 saturated carbocycles. The van der Waals surface area contributed by atoms with Crippen LogP contribution in [0, 0.1) is 13.8 Å². The molecule has 0 radical (unpaired) electrons. The first-order chi connectivity index (χ1) is 12.5. The second-order valence-corrected chi connectivity index (χ2v) is 7.59. The number of likely N-dealkylation sites (tertiary alicyclic amines) is 1. The summed E-state index contributed by atoms with van der Waals surface area (Å²) in [6, 6.07) is 0.0453. The second-order valence-electron chi connectivity index (χ2n) is 7.59. The normalized spacial score (nSPS) is 22.9. The predicted molar refractivity (Wildman–Crippen MR) is 96.6 cm³/mol. The highest BCUT2D eigenvalue weighted by Gasteiger charge is 2.41. The lowest BCUT2D eigenvalue weighted by molar-refractivity contribution is -0.127. The average molecular weight is 357 g/mol. The molecule has 4 rings (SSSR count). The first kappa shape index (κ1) is 17.3. The van der Waals surface area contributed by atoms with E-state index in [1.54, 1.807) is 0 Å². The zero-order valence-electron chi connectivity index (χ0n) is 16.0. The lowest BCUT2D eigenvalue weighted by atomic mass is 9.95. The molecular weight excluding hydrogens is 330 g/mol. The number of hydrogen-bond donors (Lipinski definition) is 1. The summed E-state index contributed by atoms with van der Waals surface area (Å²) in [4.78, 5) is 14.3. The number of nitrogens with zero attached hydrogens (tertiary/aromatic N) is 4. The second kappa shape index (κ2) is 6.54. The molecule has 1 fully saturated rings. The lowest BCUT2D eigenvalue weighted by Gasteiger charge is -2.26. The summed E-state index contributed by atoms with van der Waals surface area (Å²) >= 11 is 0. The van der Waals surface area contributed by atoms with Crippen LogP contribution in [0.5, 0.6) is 0 Å². The highest BCUT2D eigenvalue weighted by atomic mass is 16.5. The Balaban J connectivity index is 1.57. The van der Waals surface area contributed by atoms with Crippen LogP contribution in [0.4, 0.5) is 0 Å². The number of rotatable bonds is 4. The van der Waals surface area contributed by atoms with Crippen LogP contribution in [0.1, 0.15) is 59.3 Å². The Morgan fingerprint density at radius 1 is 1.23 bits per heavy atom. The van der Waals surface area contributed by atoms with Crippen molar-refractivity contribution in [3.8, 4) is 0 Å². The first-order valence-electron chi connectivity index (χ1n) is 9.42. The summed E-state index contributed by atoms with van der Waals surface area (Å²) < 4.78 is 7.41. The van der Waals surface area contributed by atoms with E-state index >= 15 is 0 Å². The van der Waals surface area contributed by atoms with E-state index in [-0.39, 0.29) is 18.0 Å². The lowest BCUT2D eigenvalue weighted by Crippen LogP contribution is -2.35. The number of carbonyl (C=O) groups excluding carboxylic acids is 1. The van der Waals surface area contributed by atoms with Gasteiger partial charge in [0.2, 0.25) is 5.91 Å². The van der Waals surface area contributed by atoms with Crippen molar-refractivity contribution < 1.29 is 9.32 Å². The maximum atomic E-state index is 12.4. The topological polar surface area (TPSA) is 76.2 Å². The standard InChI is InChI=1S/C19H27N5O2/c1-11-18(12(2)24(4)21-11)19-14(9-17(25)23(19)3)20-10-15-13-7-5-6-8-16(13)26-22-15/h14,19-20H,5-10H2,1-4H3/t14-,19-/m1/s1. The molecule has 2 aromatic rings. The van der Waals surface area contributed by atoms with Gasteiger partial charge in [0.25, 0.3) is 0 Å². The highest BCUT2D eigenvalue weighted by Crippen LogP contribution is 2.35. The van der Waals surface area contributed by atoms with Gasteiger partial charge in [0.15, 0.2) is 0 Å². The van der Waals surface area contributed by atoms with E-state index in [4.69, 9.17) is 4.52 Å². The number of hydrogen-bond acceptors (Lipinski definition) is 5. The number of aromatic nitrogens is 3. The average Bonchev–Trinajstić information content (AvgIpc) is 3.23. The molecule has 1 aliphatic heterocycles. The van der Waals surface area contributed by atoms with E-state index < -0.39 is 0 Å². The van der Waals surface area contributed by atoms with Crippen molar-refractivity contribution in [2.75, 3.05) is 7.05 Å². The van der Waals surface area contributed by atoms with Crippen molar-refractivity contribution in [1.29, 1.82) is 0 Å². The fourth-order valence-corrected chi connectivity index (χ4v) is 4.48. The van der Waals surface area contributed by atoms with Crippen molar-refractivity contribution in [2.45, 2.75) is 64.6 Å². The molecular formula is C19H27N5O2. The summed E-state index contributed by atoms with van der Waals surface area (Å²) in [7, 11) is 3.84. The Morgan fingerprint density at radius 3 is 2.73 bits per heavy atom. The van der Waals surface area contributed by atoms with Crippen LogP contribution in [0.15, 0.2) is 4.52 Å². The fourth-order valence-electron chi connectivity index (χ4n) is 4.48. The van der Waals surface area contributed by atoms with E-state index in [0.717, 1.165) is 41.2 Å². The molecule has 3 heterocycles. The predicted octanol–water partition coefficient (Wildman–Crippen LogP) is 1.97. The molecule has 2 aromatic heterocycles. The Labute approximate surface area is 153 Å². The minimum Gasteiger partial charge on any atom is -0.361 e. The largest absolute Gasteiger partial charge is 0.361 e. The summed E-state index contributed by atoms with van der Waals surface area (Å²) in [6.45, 7) is 4.72. The molecule has 7 nitrogen and oxygen atoms in total. The summed E-state index contributed by atoms with van der Waals surface area (Å²) in [5.41, 5.74) is 5.52. The maximum absolute atomic E-state index is 12.4. The van der Waals surface area contributed by atoms with Crippen LogP contribution >= 0.6 is 0 Å². The van der Waals surface area contributed by atoms with Gasteiger partial charge in [-0.2, -0.15) is 5.10 Å². The first-order valence-corrected chi connectivity index (χ1v) is 9.42. The Kier molecular flexibility index (Phi) is 4.34. The Hall–Kier alpha value is -2.15. The molecule has 1 saturated heterocycles. The molecule has 0 spiro atoms. The summed E-state index contributed by atoms with van der Waals surface area (Å²) in [5.74, 6) is 1.21. The third kappa shape index (κ3) is 2.74. The quantitative estimate of drug-likeness (QED) is 0.905. The minimum atomic E-state index is -0.000993. The van der Waals surface area contributed by atoms with Crippen LogP contribution in [-0.2, 0) is 31.2 Å². The van der Waals surface area contributed by atoms with Crippen LogP contribution in [0.2, 0.25) is 0 Å². The third-order valence-corrected chi connectivity index (χ3v) is 6.01. The zero-order chi connectivity index (χ0) is 18.4. The molecule has 7 heteroatoms. The smallest absolute Gasteiger partial charge is 0.224 e. The van der Waals surface area contributed by atoms with Gasteiger partial charge < -0.3 is 14.7 Å². The monoisotopic (exact) mass is 357 g/mol. The van der Waals surface area contributed by atoms with Gasteiger partial charge in [-0.3, -0.25) is 9.48 Å². The van der Waals surface area contributed by atoms with E-state index in [0.29, 0.717) is 13.0 Å². The van der Waals surface area contributed by atoms with Crippen LogP contribution in [0.3, 0.4) is 0 Å². The molecule has 1 amide bonds. The summed E-state index contributed by atoms with van der Waals surface area (Å²) in [5, 5.41) is 12.4. The van der Waals surface area contributed by atoms with Crippen LogP contribution < -0.4 is 5.32 Å². The number of nitrogens with one attached hydrogen (secondary N) is 1. The minimum absolute atomic E-state index is 0.000993. The SMILES string of the molecule is Cc1nn(C)c(C)c1[C@H]1[C@H](NCc2noc3c2CCCC3)CC(=O)N1C. The number of amides is 1. The molecule has 2 aliphatic rings. The number of likely N-dealkylation sites (N-methyl/N-ethyl adjacent to an activating group) is 1. The van der Waals surface area contributed by atoms with Gasteiger partial charge in [-0.15, -0.1) is 0 Å². The van der Waals surface area contributed by atoms with Crippen molar-refractivity contribution >= 4 is 5.91 Å². The van der Waals surface area contributed by atoms with Crippen molar-refractivity contribution in [2.24, 2.45) is 7.05 Å². The number of fused-ring (bicyclic) bond motifs is 1. The molecule has 2 atom stereocenters. The third-order valence-electron chi connectivity index (χ3n) is 6.01. The molecule has 26 heavy (non-hydrogen) atoms. The van der Waals surface area contributed by atoms with Gasteiger partial charge in [-0.1, -0.05) is 5.16 Å². The Bertz CT molecular complexity index is 837. The molecule has 0 unspecified atom stereocenters. The van der Waals surface area contributed by atoms with Gasteiger partial charge in [0, 0.05) is 56.3 Å². The van der Waals surface area contributed by atoms with Gasteiger partial charge in [0.1, 0.15) is 11.5 Å². The fraction of sp³-hybridized carbons (Fsp3) is 0.632. The molecule has 1 aliphatic carbocycles.